The molecule has 2 rings (SSSR count). The van der Waals surface area contributed by atoms with Gasteiger partial charge in [-0.05, 0) is 24.3 Å². The quantitative estimate of drug-likeness (QED) is 0.658. The number of rotatable bonds is 4. The number of aliphatic hydroxyl groups excluding tert-OH is 1. The molecule has 0 aliphatic rings. The monoisotopic (exact) mass is 264 g/mol. The summed E-state index contributed by atoms with van der Waals surface area (Å²) in [7, 11) is 0. The van der Waals surface area contributed by atoms with Crippen LogP contribution in [0.5, 0.6) is 0 Å². The van der Waals surface area contributed by atoms with Gasteiger partial charge in [0.15, 0.2) is 0 Å². The fourth-order valence-electron chi connectivity index (χ4n) is 1.63. The standard InChI is InChI=1S/C13H13FN2OS/c14-9-4-5-10(15)13(18-8-7-17)12(9)11-3-1-2-6-16-11/h1-6,17H,7-8,15H2. The number of nitrogens with zero attached hydrogens (tertiary/aromatic N) is 1. The molecule has 0 bridgehead atoms. The van der Waals surface area contributed by atoms with Gasteiger partial charge < -0.3 is 10.8 Å². The van der Waals surface area contributed by atoms with E-state index in [1.165, 1.54) is 23.9 Å². The summed E-state index contributed by atoms with van der Waals surface area (Å²) in [5.41, 5.74) is 7.31. The van der Waals surface area contributed by atoms with Crippen LogP contribution in [0.2, 0.25) is 0 Å². The van der Waals surface area contributed by atoms with Crippen LogP contribution >= 0.6 is 11.8 Å². The Morgan fingerprint density at radius 3 is 2.78 bits per heavy atom. The largest absolute Gasteiger partial charge is 0.398 e. The molecule has 0 atom stereocenters. The Morgan fingerprint density at radius 2 is 2.11 bits per heavy atom. The number of pyridine rings is 1. The average molecular weight is 264 g/mol. The third kappa shape index (κ3) is 2.63. The van der Waals surface area contributed by atoms with E-state index in [9.17, 15) is 4.39 Å². The number of nitrogen functional groups attached to an aromatic ring is 1. The van der Waals surface area contributed by atoms with E-state index in [1.54, 1.807) is 24.4 Å². The lowest BCUT2D eigenvalue weighted by Gasteiger charge is -2.12. The maximum atomic E-state index is 14.0. The van der Waals surface area contributed by atoms with Gasteiger partial charge in [0.1, 0.15) is 5.82 Å². The lowest BCUT2D eigenvalue weighted by molar-refractivity contribution is 0.322. The van der Waals surface area contributed by atoms with Crippen molar-refractivity contribution >= 4 is 17.4 Å². The predicted molar refractivity (Wildman–Crippen MR) is 71.9 cm³/mol. The van der Waals surface area contributed by atoms with Crippen LogP contribution in [0, 0.1) is 5.82 Å². The van der Waals surface area contributed by atoms with Gasteiger partial charge in [-0.2, -0.15) is 0 Å². The van der Waals surface area contributed by atoms with Gasteiger partial charge in [0.2, 0.25) is 0 Å². The minimum absolute atomic E-state index is 0.0161. The Kier molecular flexibility index (Phi) is 4.17. The third-order valence-electron chi connectivity index (χ3n) is 2.40. The summed E-state index contributed by atoms with van der Waals surface area (Å²) in [6.07, 6.45) is 1.61. The number of thioether (sulfide) groups is 1. The molecular formula is C13H13FN2OS. The van der Waals surface area contributed by atoms with Crippen molar-refractivity contribution in [3.8, 4) is 11.3 Å². The van der Waals surface area contributed by atoms with Gasteiger partial charge in [0.25, 0.3) is 0 Å². The summed E-state index contributed by atoms with van der Waals surface area (Å²) in [4.78, 5) is 4.78. The fraction of sp³-hybridized carbons (Fsp3) is 0.154. The number of hydrogen-bond donors (Lipinski definition) is 2. The zero-order valence-corrected chi connectivity index (χ0v) is 10.5. The van der Waals surface area contributed by atoms with Gasteiger partial charge in [-0.1, -0.05) is 6.07 Å². The highest BCUT2D eigenvalue weighted by molar-refractivity contribution is 7.99. The lowest BCUT2D eigenvalue weighted by atomic mass is 10.1. The molecule has 2 aromatic rings. The van der Waals surface area contributed by atoms with Crippen LogP contribution in [-0.2, 0) is 0 Å². The first kappa shape index (κ1) is 12.9. The number of anilines is 1. The molecule has 0 aliphatic carbocycles. The topological polar surface area (TPSA) is 59.1 Å². The average Bonchev–Trinajstić information content (AvgIpc) is 2.40. The van der Waals surface area contributed by atoms with Crippen LogP contribution in [0.3, 0.4) is 0 Å². The number of halogens is 1. The molecular weight excluding hydrogens is 251 g/mol. The molecule has 0 saturated heterocycles. The zero-order valence-electron chi connectivity index (χ0n) is 9.64. The van der Waals surface area contributed by atoms with Crippen molar-refractivity contribution in [3.05, 3.63) is 42.3 Å². The van der Waals surface area contributed by atoms with Gasteiger partial charge in [-0.25, -0.2) is 4.39 Å². The van der Waals surface area contributed by atoms with Gasteiger partial charge in [0, 0.05) is 22.5 Å². The summed E-state index contributed by atoms with van der Waals surface area (Å²) in [6.45, 7) is 0.0161. The molecule has 1 aromatic heterocycles. The highest BCUT2D eigenvalue weighted by atomic mass is 32.2. The number of hydrogen-bond acceptors (Lipinski definition) is 4. The molecule has 0 aliphatic heterocycles. The first-order valence-corrected chi connectivity index (χ1v) is 6.45. The summed E-state index contributed by atoms with van der Waals surface area (Å²) in [5.74, 6) is 0.108. The second-order valence-electron chi connectivity index (χ2n) is 3.63. The molecule has 5 heteroatoms. The third-order valence-corrected chi connectivity index (χ3v) is 3.51. The van der Waals surface area contributed by atoms with E-state index in [4.69, 9.17) is 10.8 Å². The van der Waals surface area contributed by atoms with E-state index in [0.717, 1.165) is 0 Å². The molecule has 3 N–H and O–H groups in total. The van der Waals surface area contributed by atoms with E-state index in [1.807, 2.05) is 0 Å². The summed E-state index contributed by atoms with van der Waals surface area (Å²) < 4.78 is 14.0. The van der Waals surface area contributed by atoms with Gasteiger partial charge >= 0.3 is 0 Å². The number of aliphatic hydroxyl groups is 1. The molecule has 0 amide bonds. The maximum absolute atomic E-state index is 14.0. The highest BCUT2D eigenvalue weighted by Crippen LogP contribution is 2.36. The van der Waals surface area contributed by atoms with Gasteiger partial charge in [-0.3, -0.25) is 4.98 Å². The van der Waals surface area contributed by atoms with Crippen LogP contribution in [0.4, 0.5) is 10.1 Å². The van der Waals surface area contributed by atoms with Crippen molar-refractivity contribution < 1.29 is 9.50 Å². The van der Waals surface area contributed by atoms with E-state index < -0.39 is 0 Å². The van der Waals surface area contributed by atoms with Crippen LogP contribution in [0.1, 0.15) is 0 Å². The van der Waals surface area contributed by atoms with Crippen molar-refractivity contribution in [2.24, 2.45) is 0 Å². The first-order valence-electron chi connectivity index (χ1n) is 5.47. The molecule has 1 heterocycles. The molecule has 0 fully saturated rings. The van der Waals surface area contributed by atoms with E-state index in [2.05, 4.69) is 4.98 Å². The predicted octanol–water partition coefficient (Wildman–Crippen LogP) is 2.55. The lowest BCUT2D eigenvalue weighted by Crippen LogP contribution is -1.98. The fourth-order valence-corrected chi connectivity index (χ4v) is 2.50. The van der Waals surface area contributed by atoms with Crippen molar-refractivity contribution in [1.82, 2.24) is 4.98 Å². The zero-order chi connectivity index (χ0) is 13.0. The summed E-state index contributed by atoms with van der Waals surface area (Å²) >= 11 is 1.33. The van der Waals surface area contributed by atoms with Crippen LogP contribution in [0.15, 0.2) is 41.4 Å². The van der Waals surface area contributed by atoms with Crippen LogP contribution in [0.25, 0.3) is 11.3 Å². The summed E-state index contributed by atoms with van der Waals surface area (Å²) in [5, 5.41) is 8.88. The molecule has 0 radical (unpaired) electrons. The van der Waals surface area contributed by atoms with Crippen molar-refractivity contribution in [3.63, 3.8) is 0 Å². The Bertz CT molecular complexity index is 534. The number of benzene rings is 1. The maximum Gasteiger partial charge on any atom is 0.133 e. The second-order valence-corrected chi connectivity index (χ2v) is 4.73. The Balaban J connectivity index is 2.53. The smallest absolute Gasteiger partial charge is 0.133 e. The Labute approximate surface area is 109 Å². The molecule has 0 unspecified atom stereocenters. The van der Waals surface area contributed by atoms with Crippen LogP contribution < -0.4 is 5.73 Å². The Morgan fingerprint density at radius 1 is 1.28 bits per heavy atom. The van der Waals surface area contributed by atoms with E-state index in [-0.39, 0.29) is 12.4 Å². The molecule has 0 saturated carbocycles. The van der Waals surface area contributed by atoms with Gasteiger partial charge in [-0.15, -0.1) is 11.8 Å². The van der Waals surface area contributed by atoms with Crippen LogP contribution in [-0.4, -0.2) is 22.5 Å². The van der Waals surface area contributed by atoms with Crippen molar-refractivity contribution in [2.45, 2.75) is 4.90 Å². The first-order chi connectivity index (χ1) is 8.74. The molecule has 3 nitrogen and oxygen atoms in total. The number of nitrogens with two attached hydrogens (primary N) is 1. The van der Waals surface area contributed by atoms with E-state index in [0.29, 0.717) is 27.6 Å². The minimum Gasteiger partial charge on any atom is -0.398 e. The second kappa shape index (κ2) is 5.84. The van der Waals surface area contributed by atoms with Crippen molar-refractivity contribution in [2.75, 3.05) is 18.1 Å². The SMILES string of the molecule is Nc1ccc(F)c(-c2ccccn2)c1SCCO. The molecule has 94 valence electrons. The Hall–Kier alpha value is -1.59. The van der Waals surface area contributed by atoms with Crippen molar-refractivity contribution in [1.29, 1.82) is 0 Å². The molecule has 1 aromatic carbocycles. The summed E-state index contributed by atoms with van der Waals surface area (Å²) in [6, 6.07) is 8.17. The number of aromatic nitrogens is 1. The highest BCUT2D eigenvalue weighted by Gasteiger charge is 2.15. The van der Waals surface area contributed by atoms with Gasteiger partial charge in [0.05, 0.1) is 17.9 Å². The molecule has 0 spiro atoms. The van der Waals surface area contributed by atoms with E-state index >= 15 is 0 Å². The normalized spacial score (nSPS) is 10.6. The minimum atomic E-state index is -0.358. The molecule has 18 heavy (non-hydrogen) atoms.